The number of hydrogen-bond acceptors (Lipinski definition) is 3. The van der Waals surface area contributed by atoms with Gasteiger partial charge in [0, 0.05) is 10.9 Å². The van der Waals surface area contributed by atoms with Gasteiger partial charge in [-0.25, -0.2) is 9.67 Å². The summed E-state index contributed by atoms with van der Waals surface area (Å²) in [5.41, 5.74) is 1.41. The molecule has 2 unspecified atom stereocenters. The molecule has 19 heavy (non-hydrogen) atoms. The Bertz CT molecular complexity index is 611. The number of rotatable bonds is 3. The molecule has 0 saturated heterocycles. The van der Waals surface area contributed by atoms with E-state index < -0.39 is 0 Å². The number of amides is 1. The molecular weight excluding hydrogens is 264 g/mol. The third-order valence-corrected chi connectivity index (χ3v) is 3.56. The van der Waals surface area contributed by atoms with Crippen LogP contribution >= 0.6 is 11.6 Å². The highest BCUT2D eigenvalue weighted by Gasteiger charge is 2.39. The van der Waals surface area contributed by atoms with Gasteiger partial charge in [-0.3, -0.25) is 4.79 Å². The first-order valence-electron chi connectivity index (χ1n) is 6.10. The number of anilines is 1. The molecule has 1 aromatic carbocycles. The number of carbonyl (C=O) groups is 1. The summed E-state index contributed by atoms with van der Waals surface area (Å²) in [4.78, 5) is 15.9. The number of nitrogens with one attached hydrogen (secondary N) is 1. The first-order valence-corrected chi connectivity index (χ1v) is 6.48. The normalized spacial score (nSPS) is 21.2. The van der Waals surface area contributed by atoms with Crippen LogP contribution in [0.4, 0.5) is 5.69 Å². The zero-order chi connectivity index (χ0) is 13.4. The minimum Gasteiger partial charge on any atom is -0.324 e. The highest BCUT2D eigenvalue weighted by Crippen LogP contribution is 2.39. The van der Waals surface area contributed by atoms with Crippen molar-refractivity contribution in [2.75, 3.05) is 5.32 Å². The molecule has 5 nitrogen and oxygen atoms in total. The molecule has 2 atom stereocenters. The van der Waals surface area contributed by atoms with Crippen LogP contribution in [0, 0.1) is 11.8 Å². The van der Waals surface area contributed by atoms with Gasteiger partial charge in [0.2, 0.25) is 5.91 Å². The van der Waals surface area contributed by atoms with E-state index in [-0.39, 0.29) is 11.8 Å². The minimum atomic E-state index is 0.0381. The van der Waals surface area contributed by atoms with Crippen LogP contribution in [0.2, 0.25) is 5.02 Å². The van der Waals surface area contributed by atoms with Crippen LogP contribution in [-0.2, 0) is 4.79 Å². The van der Waals surface area contributed by atoms with Crippen molar-refractivity contribution in [2.24, 2.45) is 11.8 Å². The first-order chi connectivity index (χ1) is 9.15. The average Bonchev–Trinajstić information content (AvgIpc) is 2.90. The van der Waals surface area contributed by atoms with Crippen LogP contribution in [0.5, 0.6) is 0 Å². The van der Waals surface area contributed by atoms with Crippen LogP contribution in [-0.4, -0.2) is 20.7 Å². The lowest BCUT2D eigenvalue weighted by molar-refractivity contribution is -0.117. The maximum atomic E-state index is 12.0. The summed E-state index contributed by atoms with van der Waals surface area (Å²) in [6, 6.07) is 5.29. The summed E-state index contributed by atoms with van der Waals surface area (Å²) in [6.07, 6.45) is 3.98. The summed E-state index contributed by atoms with van der Waals surface area (Å²) in [5.74, 6) is 0.618. The lowest BCUT2D eigenvalue weighted by Gasteiger charge is -2.11. The lowest BCUT2D eigenvalue weighted by atomic mass is 10.2. The summed E-state index contributed by atoms with van der Waals surface area (Å²) in [5, 5.41) is 7.56. The van der Waals surface area contributed by atoms with Crippen LogP contribution in [0.3, 0.4) is 0 Å². The molecule has 1 aliphatic rings. The lowest BCUT2D eigenvalue weighted by Crippen LogP contribution is -2.16. The fraction of sp³-hybridized carbons (Fsp3) is 0.308. The van der Waals surface area contributed by atoms with E-state index in [2.05, 4.69) is 22.3 Å². The van der Waals surface area contributed by atoms with E-state index in [4.69, 9.17) is 11.6 Å². The van der Waals surface area contributed by atoms with E-state index in [0.29, 0.717) is 16.6 Å². The van der Waals surface area contributed by atoms with E-state index in [1.165, 1.54) is 6.33 Å². The van der Waals surface area contributed by atoms with Crippen molar-refractivity contribution in [2.45, 2.75) is 13.3 Å². The Morgan fingerprint density at radius 3 is 2.95 bits per heavy atom. The molecule has 1 fully saturated rings. The molecule has 1 aromatic heterocycles. The Balaban J connectivity index is 1.90. The molecule has 1 saturated carbocycles. The first kappa shape index (κ1) is 12.2. The third kappa shape index (κ3) is 2.46. The second-order valence-corrected chi connectivity index (χ2v) is 5.25. The Hall–Kier alpha value is -1.88. The highest BCUT2D eigenvalue weighted by molar-refractivity contribution is 6.31. The van der Waals surface area contributed by atoms with Crippen molar-refractivity contribution in [1.29, 1.82) is 0 Å². The van der Waals surface area contributed by atoms with Gasteiger partial charge >= 0.3 is 0 Å². The second kappa shape index (κ2) is 4.66. The van der Waals surface area contributed by atoms with Crippen molar-refractivity contribution in [1.82, 2.24) is 14.8 Å². The zero-order valence-electron chi connectivity index (χ0n) is 10.4. The Morgan fingerprint density at radius 2 is 2.32 bits per heavy atom. The number of aromatic nitrogens is 3. The molecule has 1 heterocycles. The summed E-state index contributed by atoms with van der Waals surface area (Å²) in [6.45, 7) is 2.07. The van der Waals surface area contributed by atoms with E-state index in [1.807, 2.05) is 6.07 Å². The number of benzene rings is 1. The third-order valence-electron chi connectivity index (χ3n) is 3.33. The smallest absolute Gasteiger partial charge is 0.227 e. The van der Waals surface area contributed by atoms with Gasteiger partial charge in [0.1, 0.15) is 12.7 Å². The maximum Gasteiger partial charge on any atom is 0.227 e. The van der Waals surface area contributed by atoms with Crippen LogP contribution in [0.15, 0.2) is 30.9 Å². The fourth-order valence-corrected chi connectivity index (χ4v) is 2.23. The Kier molecular flexibility index (Phi) is 2.98. The summed E-state index contributed by atoms with van der Waals surface area (Å²) in [7, 11) is 0. The maximum absolute atomic E-state index is 12.0. The molecule has 1 amide bonds. The van der Waals surface area contributed by atoms with Crippen molar-refractivity contribution in [3.05, 3.63) is 35.9 Å². The quantitative estimate of drug-likeness (QED) is 0.937. The number of hydrogen-bond donors (Lipinski definition) is 1. The molecule has 0 bridgehead atoms. The van der Waals surface area contributed by atoms with Gasteiger partial charge < -0.3 is 5.32 Å². The number of carbonyl (C=O) groups excluding carboxylic acids is 1. The standard InChI is InChI=1S/C13H13ClN4O/c1-8-4-10(8)13(19)17-11-5-9(14)2-3-12(11)18-7-15-6-16-18/h2-3,5-8,10H,4H2,1H3,(H,17,19). The number of nitrogens with zero attached hydrogens (tertiary/aromatic N) is 3. The van der Waals surface area contributed by atoms with E-state index >= 15 is 0 Å². The average molecular weight is 277 g/mol. The molecule has 98 valence electrons. The largest absolute Gasteiger partial charge is 0.324 e. The van der Waals surface area contributed by atoms with E-state index in [9.17, 15) is 4.79 Å². The Morgan fingerprint density at radius 1 is 1.53 bits per heavy atom. The van der Waals surface area contributed by atoms with Gasteiger partial charge in [-0.2, -0.15) is 5.10 Å². The van der Waals surface area contributed by atoms with Crippen LogP contribution in [0.25, 0.3) is 5.69 Å². The molecule has 0 aliphatic heterocycles. The van der Waals surface area contributed by atoms with Crippen molar-refractivity contribution in [3.8, 4) is 5.69 Å². The van der Waals surface area contributed by atoms with Crippen LogP contribution < -0.4 is 5.32 Å². The minimum absolute atomic E-state index is 0.0381. The SMILES string of the molecule is CC1CC1C(=O)Nc1cc(Cl)ccc1-n1cncn1. The molecule has 1 N–H and O–H groups in total. The van der Waals surface area contributed by atoms with Gasteiger partial charge in [0.05, 0.1) is 11.4 Å². The molecule has 3 rings (SSSR count). The molecule has 6 heteroatoms. The molecular formula is C13H13ClN4O. The van der Waals surface area contributed by atoms with Gasteiger partial charge in [-0.05, 0) is 30.5 Å². The van der Waals surface area contributed by atoms with Gasteiger partial charge in [-0.1, -0.05) is 18.5 Å². The molecule has 1 aliphatic carbocycles. The predicted octanol–water partition coefficient (Wildman–Crippen LogP) is 2.52. The molecule has 0 spiro atoms. The van der Waals surface area contributed by atoms with Crippen molar-refractivity contribution in [3.63, 3.8) is 0 Å². The van der Waals surface area contributed by atoms with Gasteiger partial charge in [-0.15, -0.1) is 0 Å². The predicted molar refractivity (Wildman–Crippen MR) is 72.3 cm³/mol. The van der Waals surface area contributed by atoms with E-state index in [0.717, 1.165) is 12.1 Å². The van der Waals surface area contributed by atoms with Crippen molar-refractivity contribution >= 4 is 23.2 Å². The fourth-order valence-electron chi connectivity index (χ4n) is 2.05. The van der Waals surface area contributed by atoms with E-state index in [1.54, 1.807) is 23.1 Å². The number of halogens is 1. The zero-order valence-corrected chi connectivity index (χ0v) is 11.1. The monoisotopic (exact) mass is 276 g/mol. The van der Waals surface area contributed by atoms with Crippen molar-refractivity contribution < 1.29 is 4.79 Å². The summed E-state index contributed by atoms with van der Waals surface area (Å²) < 4.78 is 1.60. The molecule has 0 radical (unpaired) electrons. The second-order valence-electron chi connectivity index (χ2n) is 4.81. The summed E-state index contributed by atoms with van der Waals surface area (Å²) >= 11 is 5.99. The highest BCUT2D eigenvalue weighted by atomic mass is 35.5. The van der Waals surface area contributed by atoms with Gasteiger partial charge in [0.25, 0.3) is 0 Å². The Labute approximate surface area is 115 Å². The van der Waals surface area contributed by atoms with Gasteiger partial charge in [0.15, 0.2) is 0 Å². The van der Waals surface area contributed by atoms with Crippen LogP contribution in [0.1, 0.15) is 13.3 Å². The topological polar surface area (TPSA) is 59.8 Å². The molecule has 2 aromatic rings.